The summed E-state index contributed by atoms with van der Waals surface area (Å²) in [7, 11) is 0. The number of halogens is 2. The monoisotopic (exact) mass is 314 g/mol. The van der Waals surface area contributed by atoms with Crippen LogP contribution < -0.4 is 0 Å². The van der Waals surface area contributed by atoms with E-state index in [1.165, 1.54) is 0 Å². The first-order valence-corrected chi connectivity index (χ1v) is 7.65. The summed E-state index contributed by atoms with van der Waals surface area (Å²) in [4.78, 5) is 0. The number of fused-ring (bicyclic) bond motifs is 1. The molecule has 2 aliphatic rings. The molecular weight excluding hydrogens is 303 g/mol. The summed E-state index contributed by atoms with van der Waals surface area (Å²) in [6, 6.07) is 15.6. The maximum Gasteiger partial charge on any atom is 0.0741 e. The minimum atomic E-state index is 0.454. The first-order valence-electron chi connectivity index (χ1n) is 6.90. The van der Waals surface area contributed by atoms with E-state index in [0.29, 0.717) is 11.8 Å². The van der Waals surface area contributed by atoms with Gasteiger partial charge >= 0.3 is 0 Å². The molecular formula is C17H12Cl2N2. The van der Waals surface area contributed by atoms with E-state index in [4.69, 9.17) is 23.2 Å². The molecule has 0 amide bonds. The fraction of sp³-hybridized carbons (Fsp3) is 0.176. The zero-order valence-electron chi connectivity index (χ0n) is 11.1. The van der Waals surface area contributed by atoms with Gasteiger partial charge in [-0.2, -0.15) is 10.2 Å². The third-order valence-electron chi connectivity index (χ3n) is 4.00. The van der Waals surface area contributed by atoms with Crippen molar-refractivity contribution in [3.8, 4) is 0 Å². The van der Waals surface area contributed by atoms with Crippen molar-refractivity contribution in [2.45, 2.75) is 6.42 Å². The lowest BCUT2D eigenvalue weighted by Crippen LogP contribution is -2.15. The number of hydrogen-bond acceptors (Lipinski definition) is 2. The molecule has 2 nitrogen and oxygen atoms in total. The molecule has 0 radical (unpaired) electrons. The number of hydrogen-bond donors (Lipinski definition) is 0. The van der Waals surface area contributed by atoms with Gasteiger partial charge in [0.2, 0.25) is 0 Å². The Bertz CT molecular complexity index is 714. The highest BCUT2D eigenvalue weighted by molar-refractivity contribution is 6.31. The number of nitrogens with zero attached hydrogens (tertiary/aromatic N) is 2. The predicted octanol–water partition coefficient (Wildman–Crippen LogP) is 4.84. The first kappa shape index (κ1) is 13.1. The average molecular weight is 315 g/mol. The predicted molar refractivity (Wildman–Crippen MR) is 87.6 cm³/mol. The zero-order valence-corrected chi connectivity index (χ0v) is 12.6. The van der Waals surface area contributed by atoms with Gasteiger partial charge in [-0.25, -0.2) is 0 Å². The summed E-state index contributed by atoms with van der Waals surface area (Å²) < 4.78 is 0. The standard InChI is InChI=1S/C17H12Cl2N2/c18-12-5-1-3-10(7-12)16-14-9-15(14)17(21-20-16)11-4-2-6-13(19)8-11/h1-8,14-15H,9H2/t14-,15+. The molecule has 0 bridgehead atoms. The Morgan fingerprint density at radius 3 is 1.67 bits per heavy atom. The molecule has 1 saturated carbocycles. The second-order valence-corrected chi connectivity index (χ2v) is 6.31. The summed E-state index contributed by atoms with van der Waals surface area (Å²) in [5, 5.41) is 10.4. The van der Waals surface area contributed by atoms with Crippen LogP contribution in [0.2, 0.25) is 10.0 Å². The highest BCUT2D eigenvalue weighted by Crippen LogP contribution is 2.46. The summed E-state index contributed by atoms with van der Waals surface area (Å²) in [5.74, 6) is 0.907. The van der Waals surface area contributed by atoms with Gasteiger partial charge in [-0.3, -0.25) is 0 Å². The van der Waals surface area contributed by atoms with Crippen LogP contribution in [0.5, 0.6) is 0 Å². The highest BCUT2D eigenvalue weighted by Gasteiger charge is 2.47. The molecule has 104 valence electrons. The van der Waals surface area contributed by atoms with Gasteiger partial charge in [-0.15, -0.1) is 0 Å². The second-order valence-electron chi connectivity index (χ2n) is 5.44. The molecule has 0 aromatic heterocycles. The smallest absolute Gasteiger partial charge is 0.0741 e. The van der Waals surface area contributed by atoms with Crippen molar-refractivity contribution in [1.82, 2.24) is 0 Å². The summed E-state index contributed by atoms with van der Waals surface area (Å²) >= 11 is 12.1. The summed E-state index contributed by atoms with van der Waals surface area (Å²) in [6.45, 7) is 0. The molecule has 2 atom stereocenters. The molecule has 4 rings (SSSR count). The fourth-order valence-corrected chi connectivity index (χ4v) is 3.28. The molecule has 4 heteroatoms. The van der Waals surface area contributed by atoms with Crippen LogP contribution in [0.3, 0.4) is 0 Å². The van der Waals surface area contributed by atoms with Crippen molar-refractivity contribution in [3.05, 3.63) is 69.7 Å². The van der Waals surface area contributed by atoms with Crippen molar-refractivity contribution in [2.75, 3.05) is 0 Å². The summed E-state index contributed by atoms with van der Waals surface area (Å²) in [6.07, 6.45) is 1.09. The van der Waals surface area contributed by atoms with Crippen molar-refractivity contribution >= 4 is 34.6 Å². The van der Waals surface area contributed by atoms with Crippen LogP contribution >= 0.6 is 23.2 Å². The van der Waals surface area contributed by atoms with E-state index in [1.54, 1.807) is 0 Å². The number of rotatable bonds is 2. The molecule has 21 heavy (non-hydrogen) atoms. The molecule has 1 fully saturated rings. The van der Waals surface area contributed by atoms with Crippen LogP contribution in [-0.4, -0.2) is 11.4 Å². The van der Waals surface area contributed by atoms with Crippen molar-refractivity contribution < 1.29 is 0 Å². The van der Waals surface area contributed by atoms with Gasteiger partial charge in [-0.05, 0) is 41.8 Å². The molecule has 0 unspecified atom stereocenters. The molecule has 0 saturated heterocycles. The van der Waals surface area contributed by atoms with Gasteiger partial charge in [0.15, 0.2) is 0 Å². The molecule has 2 aromatic carbocycles. The Morgan fingerprint density at radius 1 is 0.762 bits per heavy atom. The Kier molecular flexibility index (Phi) is 3.09. The van der Waals surface area contributed by atoms with E-state index in [0.717, 1.165) is 39.0 Å². The highest BCUT2D eigenvalue weighted by atomic mass is 35.5. The van der Waals surface area contributed by atoms with E-state index in [-0.39, 0.29) is 0 Å². The maximum atomic E-state index is 6.06. The Morgan fingerprint density at radius 2 is 1.24 bits per heavy atom. The number of benzene rings is 2. The third kappa shape index (κ3) is 2.39. The Hall–Kier alpha value is -1.64. The lowest BCUT2D eigenvalue weighted by atomic mass is 9.99. The SMILES string of the molecule is Clc1cccc(C2=NN=C(c3cccc(Cl)c3)[C@@H]3C[C@H]23)c1. The average Bonchev–Trinajstić information content (AvgIpc) is 3.26. The van der Waals surface area contributed by atoms with Crippen LogP contribution in [0.1, 0.15) is 17.5 Å². The largest absolute Gasteiger partial charge is 0.154 e. The van der Waals surface area contributed by atoms with Crippen molar-refractivity contribution in [3.63, 3.8) is 0 Å². The Balaban J connectivity index is 1.72. The molecule has 0 spiro atoms. The van der Waals surface area contributed by atoms with E-state index in [2.05, 4.69) is 10.2 Å². The fourth-order valence-electron chi connectivity index (χ4n) is 2.89. The van der Waals surface area contributed by atoms with Gasteiger partial charge in [0.05, 0.1) is 11.4 Å². The quantitative estimate of drug-likeness (QED) is 0.758. The van der Waals surface area contributed by atoms with Gasteiger partial charge < -0.3 is 0 Å². The van der Waals surface area contributed by atoms with E-state index < -0.39 is 0 Å². The maximum absolute atomic E-state index is 6.06. The second kappa shape index (κ2) is 4.97. The Labute approximate surface area is 133 Å². The first-order chi connectivity index (χ1) is 10.2. The van der Waals surface area contributed by atoms with Crippen LogP contribution in [0.15, 0.2) is 58.7 Å². The molecule has 1 aliphatic heterocycles. The molecule has 1 aliphatic carbocycles. The van der Waals surface area contributed by atoms with Gasteiger partial charge in [0.25, 0.3) is 0 Å². The normalized spacial score (nSPS) is 23.1. The molecule has 1 heterocycles. The lowest BCUT2D eigenvalue weighted by Gasteiger charge is -2.12. The van der Waals surface area contributed by atoms with Crippen LogP contribution in [0.25, 0.3) is 0 Å². The van der Waals surface area contributed by atoms with Gasteiger partial charge in [-0.1, -0.05) is 47.5 Å². The van der Waals surface area contributed by atoms with E-state index in [1.807, 2.05) is 48.5 Å². The van der Waals surface area contributed by atoms with Gasteiger partial charge in [0, 0.05) is 21.9 Å². The van der Waals surface area contributed by atoms with E-state index >= 15 is 0 Å². The van der Waals surface area contributed by atoms with Crippen LogP contribution in [0, 0.1) is 11.8 Å². The molecule has 2 aromatic rings. The summed E-state index contributed by atoms with van der Waals surface area (Å²) in [5.41, 5.74) is 4.24. The minimum Gasteiger partial charge on any atom is -0.154 e. The van der Waals surface area contributed by atoms with E-state index in [9.17, 15) is 0 Å². The topological polar surface area (TPSA) is 24.7 Å². The third-order valence-corrected chi connectivity index (χ3v) is 4.47. The van der Waals surface area contributed by atoms with Gasteiger partial charge in [0.1, 0.15) is 0 Å². The van der Waals surface area contributed by atoms with Crippen LogP contribution in [0.4, 0.5) is 0 Å². The minimum absolute atomic E-state index is 0.454. The molecule has 0 N–H and O–H groups in total. The van der Waals surface area contributed by atoms with Crippen LogP contribution in [-0.2, 0) is 0 Å². The van der Waals surface area contributed by atoms with Crippen molar-refractivity contribution in [2.24, 2.45) is 22.0 Å². The lowest BCUT2D eigenvalue weighted by molar-refractivity contribution is 0.999. The zero-order chi connectivity index (χ0) is 14.4. The van der Waals surface area contributed by atoms with Crippen molar-refractivity contribution in [1.29, 1.82) is 0 Å².